The van der Waals surface area contributed by atoms with Crippen molar-refractivity contribution >= 4 is 44.3 Å². The van der Waals surface area contributed by atoms with E-state index in [1.165, 1.54) is 0 Å². The molecule has 2 heterocycles. The lowest BCUT2D eigenvalue weighted by Gasteiger charge is -2.10. The van der Waals surface area contributed by atoms with Gasteiger partial charge < -0.3 is 4.42 Å². The van der Waals surface area contributed by atoms with Crippen molar-refractivity contribution in [2.24, 2.45) is 0 Å². The van der Waals surface area contributed by atoms with Crippen LogP contribution in [0.4, 0.5) is 0 Å². The lowest BCUT2D eigenvalue weighted by molar-refractivity contribution is 0.669. The van der Waals surface area contributed by atoms with Gasteiger partial charge in [0.25, 0.3) is 0 Å². The van der Waals surface area contributed by atoms with Crippen LogP contribution in [0.5, 0.6) is 0 Å². The zero-order valence-electron chi connectivity index (χ0n) is 19.0. The lowest BCUT2D eigenvalue weighted by Crippen LogP contribution is -2.00. The van der Waals surface area contributed by atoms with Gasteiger partial charge in [-0.25, -0.2) is 15.0 Å². The molecule has 0 aliphatic rings. The first-order valence-electron chi connectivity index (χ1n) is 11.6. The maximum atomic E-state index is 6.27. The van der Waals surface area contributed by atoms with Crippen molar-refractivity contribution in [2.75, 3.05) is 0 Å². The van der Waals surface area contributed by atoms with Crippen LogP contribution in [0.15, 0.2) is 114 Å². The van der Waals surface area contributed by atoms with Crippen LogP contribution in [-0.4, -0.2) is 15.0 Å². The molecule has 36 heavy (non-hydrogen) atoms. The molecule has 0 atom stereocenters. The van der Waals surface area contributed by atoms with Crippen molar-refractivity contribution in [1.29, 1.82) is 0 Å². The van der Waals surface area contributed by atoms with Crippen LogP contribution in [0.1, 0.15) is 0 Å². The second-order valence-electron chi connectivity index (χ2n) is 8.66. The zero-order chi connectivity index (χ0) is 24.1. The average molecular weight is 484 g/mol. The number of para-hydroxylation sites is 1. The van der Waals surface area contributed by atoms with E-state index >= 15 is 0 Å². The molecule has 0 amide bonds. The van der Waals surface area contributed by atoms with E-state index in [4.69, 9.17) is 31.0 Å². The summed E-state index contributed by atoms with van der Waals surface area (Å²) in [6.45, 7) is 0. The van der Waals surface area contributed by atoms with Gasteiger partial charge in [-0.1, -0.05) is 90.5 Å². The molecule has 0 bridgehead atoms. The van der Waals surface area contributed by atoms with Gasteiger partial charge in [-0.05, 0) is 41.1 Å². The second-order valence-corrected chi connectivity index (χ2v) is 9.09. The fourth-order valence-electron chi connectivity index (χ4n) is 4.66. The molecule has 170 valence electrons. The van der Waals surface area contributed by atoms with Gasteiger partial charge in [-0.3, -0.25) is 0 Å². The molecule has 0 aliphatic heterocycles. The molecule has 7 aromatic rings. The summed E-state index contributed by atoms with van der Waals surface area (Å²) >= 11 is 6.27. The third-order valence-electron chi connectivity index (χ3n) is 6.37. The normalized spacial score (nSPS) is 11.5. The van der Waals surface area contributed by atoms with Crippen molar-refractivity contribution in [1.82, 2.24) is 15.0 Å². The summed E-state index contributed by atoms with van der Waals surface area (Å²) in [6.07, 6.45) is 0. The number of furan rings is 1. The van der Waals surface area contributed by atoms with Crippen molar-refractivity contribution in [3.05, 3.63) is 114 Å². The number of rotatable bonds is 3. The van der Waals surface area contributed by atoms with Gasteiger partial charge >= 0.3 is 0 Å². The van der Waals surface area contributed by atoms with Crippen LogP contribution in [0.3, 0.4) is 0 Å². The number of nitrogens with zero attached hydrogens (tertiary/aromatic N) is 3. The largest absolute Gasteiger partial charge is 0.456 e. The fraction of sp³-hybridized carbons (Fsp3) is 0. The van der Waals surface area contributed by atoms with E-state index in [1.54, 1.807) is 0 Å². The van der Waals surface area contributed by atoms with Gasteiger partial charge in [0.1, 0.15) is 11.2 Å². The highest BCUT2D eigenvalue weighted by molar-refractivity contribution is 6.31. The van der Waals surface area contributed by atoms with Gasteiger partial charge in [0.05, 0.1) is 0 Å². The van der Waals surface area contributed by atoms with E-state index < -0.39 is 0 Å². The Balaban J connectivity index is 1.50. The molecule has 0 aliphatic carbocycles. The Morgan fingerprint density at radius 1 is 0.528 bits per heavy atom. The summed E-state index contributed by atoms with van der Waals surface area (Å²) in [5.41, 5.74) is 4.37. The maximum Gasteiger partial charge on any atom is 0.164 e. The quantitative estimate of drug-likeness (QED) is 0.252. The Morgan fingerprint density at radius 3 is 2.14 bits per heavy atom. The Morgan fingerprint density at radius 2 is 1.25 bits per heavy atom. The molecular formula is C31H18ClN3O. The lowest BCUT2D eigenvalue weighted by atomic mass is 10.0. The summed E-state index contributed by atoms with van der Waals surface area (Å²) < 4.78 is 6.12. The first-order chi connectivity index (χ1) is 17.7. The number of benzene rings is 5. The standard InChI is InChI=1S/C31H18ClN3O/c32-23-16-15-19-13-14-21(17-22(19)18-23)30-33-29(20-7-2-1-3-8-20)34-31(35-30)25-10-6-12-27-28(25)24-9-4-5-11-26(24)36-27/h1-18H. The maximum absolute atomic E-state index is 6.27. The predicted molar refractivity (Wildman–Crippen MR) is 146 cm³/mol. The Kier molecular flexibility index (Phi) is 4.79. The van der Waals surface area contributed by atoms with Gasteiger partial charge in [0.2, 0.25) is 0 Å². The van der Waals surface area contributed by atoms with Crippen molar-refractivity contribution in [3.8, 4) is 34.2 Å². The SMILES string of the molecule is Clc1ccc2ccc(-c3nc(-c4ccccc4)nc(-c4cccc5oc6ccccc6c45)n3)cc2c1. The van der Waals surface area contributed by atoms with E-state index in [0.717, 1.165) is 49.4 Å². The summed E-state index contributed by atoms with van der Waals surface area (Å²) in [4.78, 5) is 14.8. The average Bonchev–Trinajstić information content (AvgIpc) is 3.32. The van der Waals surface area contributed by atoms with Crippen molar-refractivity contribution in [2.45, 2.75) is 0 Å². The van der Waals surface area contributed by atoms with Crippen LogP contribution in [0.2, 0.25) is 5.02 Å². The zero-order valence-corrected chi connectivity index (χ0v) is 19.8. The first kappa shape index (κ1) is 20.8. The van der Waals surface area contributed by atoms with Gasteiger partial charge in [-0.15, -0.1) is 0 Å². The number of hydrogen-bond donors (Lipinski definition) is 0. The van der Waals surface area contributed by atoms with Gasteiger partial charge in [-0.2, -0.15) is 0 Å². The molecule has 7 rings (SSSR count). The molecule has 0 saturated carbocycles. The summed E-state index contributed by atoms with van der Waals surface area (Å²) in [5, 5.41) is 4.86. The number of aromatic nitrogens is 3. The van der Waals surface area contributed by atoms with E-state index in [0.29, 0.717) is 22.5 Å². The highest BCUT2D eigenvalue weighted by Crippen LogP contribution is 2.36. The van der Waals surface area contributed by atoms with Gasteiger partial charge in [0, 0.05) is 32.5 Å². The molecule has 0 fully saturated rings. The van der Waals surface area contributed by atoms with E-state index in [1.807, 2.05) is 91.0 Å². The monoisotopic (exact) mass is 483 g/mol. The Labute approximate surface area is 211 Å². The Bertz CT molecular complexity index is 1910. The van der Waals surface area contributed by atoms with Crippen molar-refractivity contribution in [3.63, 3.8) is 0 Å². The molecule has 0 unspecified atom stereocenters. The first-order valence-corrected chi connectivity index (χ1v) is 12.0. The number of halogens is 1. The van der Waals surface area contributed by atoms with Crippen LogP contribution < -0.4 is 0 Å². The van der Waals surface area contributed by atoms with Crippen LogP contribution in [0, 0.1) is 0 Å². The topological polar surface area (TPSA) is 51.8 Å². The van der Waals surface area contributed by atoms with E-state index in [9.17, 15) is 0 Å². The summed E-state index contributed by atoms with van der Waals surface area (Å²) in [6, 6.07) is 36.1. The minimum atomic E-state index is 0.599. The molecule has 0 saturated heterocycles. The molecular weight excluding hydrogens is 466 g/mol. The molecule has 0 radical (unpaired) electrons. The molecule has 4 nitrogen and oxygen atoms in total. The minimum Gasteiger partial charge on any atom is -0.456 e. The molecule has 0 spiro atoms. The Hall–Kier alpha value is -4.54. The highest BCUT2D eigenvalue weighted by atomic mass is 35.5. The van der Waals surface area contributed by atoms with E-state index in [2.05, 4.69) is 18.2 Å². The number of fused-ring (bicyclic) bond motifs is 4. The van der Waals surface area contributed by atoms with Crippen LogP contribution >= 0.6 is 11.6 Å². The summed E-state index contributed by atoms with van der Waals surface area (Å²) in [7, 11) is 0. The highest BCUT2D eigenvalue weighted by Gasteiger charge is 2.17. The molecule has 5 heteroatoms. The van der Waals surface area contributed by atoms with Crippen LogP contribution in [-0.2, 0) is 0 Å². The predicted octanol–water partition coefficient (Wildman–Crippen LogP) is 8.58. The third-order valence-corrected chi connectivity index (χ3v) is 6.61. The van der Waals surface area contributed by atoms with E-state index in [-0.39, 0.29) is 0 Å². The molecule has 5 aromatic carbocycles. The number of hydrogen-bond acceptors (Lipinski definition) is 4. The molecule has 0 N–H and O–H groups in total. The fourth-order valence-corrected chi connectivity index (χ4v) is 4.84. The second kappa shape index (κ2) is 8.29. The van der Waals surface area contributed by atoms with Crippen molar-refractivity contribution < 1.29 is 4.42 Å². The van der Waals surface area contributed by atoms with Crippen LogP contribution in [0.25, 0.3) is 66.9 Å². The smallest absolute Gasteiger partial charge is 0.164 e. The minimum absolute atomic E-state index is 0.599. The molecule has 2 aromatic heterocycles. The summed E-state index contributed by atoms with van der Waals surface area (Å²) in [5.74, 6) is 1.82. The third kappa shape index (κ3) is 3.51. The van der Waals surface area contributed by atoms with Gasteiger partial charge in [0.15, 0.2) is 17.5 Å².